The summed E-state index contributed by atoms with van der Waals surface area (Å²) in [6.45, 7) is 20.3. The number of fused-ring (bicyclic) bond motifs is 2. The largest absolute Gasteiger partial charge is 0.463 e. The normalized spacial score (nSPS) is 21.8. The number of anilines is 2. The number of benzene rings is 2. The van der Waals surface area contributed by atoms with E-state index in [4.69, 9.17) is 37.6 Å². The van der Waals surface area contributed by atoms with Crippen molar-refractivity contribution >= 4 is 39.8 Å². The van der Waals surface area contributed by atoms with Gasteiger partial charge in [0.25, 0.3) is 5.91 Å². The van der Waals surface area contributed by atoms with E-state index in [2.05, 4.69) is 58.2 Å². The van der Waals surface area contributed by atoms with E-state index in [0.717, 1.165) is 66.2 Å². The standard InChI is InChI=1S/C35H41ClFN7O3/c1-23-22-47-24(2)19-41(23)13-7-17-46-35-39-30-21-42(31-11-6-9-26-8-5-10-29(36)32(26)31)14-12-28(30)33(40-35)43-15-16-44(34(45)25(3)37)27(20-43)18-38-4/h5-6,8-11,23-24,27H,3,7,12-22H2,1-2H3/t23-,24-,27-/m0/s1. The Morgan fingerprint density at radius 1 is 1.15 bits per heavy atom. The molecule has 3 atom stereocenters. The molecule has 2 saturated heterocycles. The van der Waals surface area contributed by atoms with Crippen LogP contribution in [0.15, 0.2) is 48.8 Å². The summed E-state index contributed by atoms with van der Waals surface area (Å²) >= 11 is 6.70. The van der Waals surface area contributed by atoms with E-state index in [-0.39, 0.29) is 19.2 Å². The first-order valence-electron chi connectivity index (χ1n) is 16.3. The Bertz CT molecular complexity index is 1680. The van der Waals surface area contributed by atoms with Gasteiger partial charge in [0, 0.05) is 61.9 Å². The SMILES string of the molecule is [C-]#[N+]C[C@H]1CN(c2nc(OCCCN3C[C@H](C)OC[C@@H]3C)nc3c2CCN(c2cccc4cccc(Cl)c24)C3)CCN1C(=O)C(=C)F. The highest BCUT2D eigenvalue weighted by Gasteiger charge is 2.36. The number of hydrogen-bond acceptors (Lipinski definition) is 8. The van der Waals surface area contributed by atoms with Crippen LogP contribution in [0.5, 0.6) is 6.01 Å². The first-order chi connectivity index (χ1) is 22.7. The molecule has 0 aliphatic carbocycles. The molecule has 0 unspecified atom stereocenters. The zero-order valence-electron chi connectivity index (χ0n) is 27.0. The summed E-state index contributed by atoms with van der Waals surface area (Å²) in [4.78, 5) is 34.2. The number of halogens is 2. The molecule has 3 aliphatic rings. The predicted molar refractivity (Wildman–Crippen MR) is 182 cm³/mol. The molecule has 1 amide bonds. The Labute approximate surface area is 280 Å². The smallest absolute Gasteiger partial charge is 0.318 e. The van der Waals surface area contributed by atoms with Crippen LogP contribution in [0.4, 0.5) is 15.9 Å². The van der Waals surface area contributed by atoms with Crippen molar-refractivity contribution in [3.05, 3.63) is 76.5 Å². The van der Waals surface area contributed by atoms with Crippen LogP contribution < -0.4 is 14.5 Å². The van der Waals surface area contributed by atoms with Gasteiger partial charge in [0.15, 0.2) is 5.83 Å². The van der Waals surface area contributed by atoms with Crippen molar-refractivity contribution in [1.82, 2.24) is 19.8 Å². The number of nitrogens with zero attached hydrogens (tertiary/aromatic N) is 7. The van der Waals surface area contributed by atoms with Crippen LogP contribution in [0.2, 0.25) is 5.02 Å². The summed E-state index contributed by atoms with van der Waals surface area (Å²) in [7, 11) is 0. The lowest BCUT2D eigenvalue weighted by molar-refractivity contribution is -0.131. The third-order valence-electron chi connectivity index (χ3n) is 9.33. The number of amides is 1. The summed E-state index contributed by atoms with van der Waals surface area (Å²) in [5.41, 5.74) is 2.94. The monoisotopic (exact) mass is 661 g/mol. The molecular weight excluding hydrogens is 621 g/mol. The van der Waals surface area contributed by atoms with E-state index in [9.17, 15) is 9.18 Å². The molecule has 47 heavy (non-hydrogen) atoms. The molecule has 6 rings (SSSR count). The Morgan fingerprint density at radius 3 is 2.74 bits per heavy atom. The molecule has 3 aromatic rings. The van der Waals surface area contributed by atoms with E-state index >= 15 is 0 Å². The lowest BCUT2D eigenvalue weighted by Gasteiger charge is -2.41. The molecule has 0 bridgehead atoms. The average Bonchev–Trinajstić information content (AvgIpc) is 3.07. The van der Waals surface area contributed by atoms with Gasteiger partial charge in [-0.2, -0.15) is 9.97 Å². The molecule has 2 aromatic carbocycles. The third kappa shape index (κ3) is 7.15. The van der Waals surface area contributed by atoms with Crippen LogP contribution in [0.25, 0.3) is 15.6 Å². The topological polar surface area (TPSA) is 78.6 Å². The van der Waals surface area contributed by atoms with Crippen molar-refractivity contribution in [2.75, 3.05) is 68.8 Å². The minimum absolute atomic E-state index is 0.0559. The number of morpholine rings is 1. The van der Waals surface area contributed by atoms with Gasteiger partial charge in [-0.05, 0) is 44.2 Å². The van der Waals surface area contributed by atoms with E-state index in [1.807, 2.05) is 18.2 Å². The van der Waals surface area contributed by atoms with Crippen molar-refractivity contribution in [3.63, 3.8) is 0 Å². The lowest BCUT2D eigenvalue weighted by Crippen LogP contribution is -2.57. The second kappa shape index (κ2) is 14.4. The Balaban J connectivity index is 1.27. The number of aromatic nitrogens is 2. The summed E-state index contributed by atoms with van der Waals surface area (Å²) in [5.74, 6) is -1.03. The first-order valence-corrected chi connectivity index (χ1v) is 16.6. The Morgan fingerprint density at radius 2 is 1.96 bits per heavy atom. The lowest BCUT2D eigenvalue weighted by atomic mass is 10.0. The van der Waals surface area contributed by atoms with Crippen molar-refractivity contribution in [2.24, 2.45) is 0 Å². The van der Waals surface area contributed by atoms with Crippen LogP contribution in [0.1, 0.15) is 31.5 Å². The van der Waals surface area contributed by atoms with Crippen molar-refractivity contribution in [1.29, 1.82) is 0 Å². The molecule has 0 spiro atoms. The van der Waals surface area contributed by atoms with Crippen molar-refractivity contribution < 1.29 is 18.7 Å². The number of piperazine rings is 1. The molecule has 1 aromatic heterocycles. The molecule has 4 heterocycles. The van der Waals surface area contributed by atoms with E-state index < -0.39 is 17.8 Å². The quantitative estimate of drug-likeness (QED) is 0.177. The molecular formula is C35H41ClFN7O3. The van der Waals surface area contributed by atoms with Gasteiger partial charge in [-0.25, -0.2) is 11.0 Å². The zero-order valence-corrected chi connectivity index (χ0v) is 27.8. The number of ether oxygens (including phenoxy) is 2. The van der Waals surface area contributed by atoms with Gasteiger partial charge < -0.3 is 29.0 Å². The summed E-state index contributed by atoms with van der Waals surface area (Å²) in [6.07, 6.45) is 1.71. The van der Waals surface area contributed by atoms with Crippen molar-refractivity contribution in [2.45, 2.75) is 51.4 Å². The maximum atomic E-state index is 13.9. The molecule has 2 fully saturated rings. The predicted octanol–water partition coefficient (Wildman–Crippen LogP) is 5.14. The van der Waals surface area contributed by atoms with E-state index in [1.54, 1.807) is 0 Å². The molecule has 3 aliphatic heterocycles. The maximum absolute atomic E-state index is 13.9. The third-order valence-corrected chi connectivity index (χ3v) is 9.65. The van der Waals surface area contributed by atoms with Gasteiger partial charge in [-0.3, -0.25) is 9.69 Å². The van der Waals surface area contributed by atoms with Gasteiger partial charge >= 0.3 is 6.01 Å². The highest BCUT2D eigenvalue weighted by molar-refractivity contribution is 6.36. The molecule has 10 nitrogen and oxygen atoms in total. The Kier molecular flexibility index (Phi) is 10.1. The first kappa shape index (κ1) is 32.9. The van der Waals surface area contributed by atoms with E-state index in [0.29, 0.717) is 49.7 Å². The highest BCUT2D eigenvalue weighted by atomic mass is 35.5. The minimum atomic E-state index is -1.02. The number of rotatable bonds is 9. The number of carbonyl (C=O) groups excluding carboxylic acids is 1. The number of hydrogen-bond donors (Lipinski definition) is 0. The van der Waals surface area contributed by atoms with Crippen LogP contribution in [0, 0.1) is 6.57 Å². The van der Waals surface area contributed by atoms with Crippen LogP contribution in [-0.2, 0) is 22.5 Å². The average molecular weight is 662 g/mol. The summed E-state index contributed by atoms with van der Waals surface area (Å²) in [6, 6.07) is 12.3. The fourth-order valence-corrected chi connectivity index (χ4v) is 7.19. The molecule has 248 valence electrons. The van der Waals surface area contributed by atoms with Gasteiger partial charge in [0.2, 0.25) is 6.54 Å². The fraction of sp³-hybridized carbons (Fsp3) is 0.486. The van der Waals surface area contributed by atoms with Crippen LogP contribution in [-0.4, -0.2) is 103 Å². The molecule has 0 saturated carbocycles. The maximum Gasteiger partial charge on any atom is 0.318 e. The zero-order chi connectivity index (χ0) is 33.1. The number of carbonyl (C=O) groups is 1. The summed E-state index contributed by atoms with van der Waals surface area (Å²) < 4.78 is 25.9. The second-order valence-corrected chi connectivity index (χ2v) is 13.0. The molecule has 12 heteroatoms. The molecule has 0 radical (unpaired) electrons. The van der Waals surface area contributed by atoms with Gasteiger partial charge in [0.05, 0.1) is 36.6 Å². The van der Waals surface area contributed by atoms with Gasteiger partial charge in [0.1, 0.15) is 11.9 Å². The van der Waals surface area contributed by atoms with Crippen molar-refractivity contribution in [3.8, 4) is 6.01 Å². The van der Waals surface area contributed by atoms with Gasteiger partial charge in [-0.1, -0.05) is 42.4 Å². The fourth-order valence-electron chi connectivity index (χ4n) is 6.91. The second-order valence-electron chi connectivity index (χ2n) is 12.6. The van der Waals surface area contributed by atoms with Crippen LogP contribution >= 0.6 is 11.6 Å². The van der Waals surface area contributed by atoms with Gasteiger partial charge in [-0.15, -0.1) is 0 Å². The van der Waals surface area contributed by atoms with E-state index in [1.165, 1.54) is 4.90 Å². The summed E-state index contributed by atoms with van der Waals surface area (Å²) in [5, 5.41) is 2.79. The Hall–Kier alpha value is -3.98. The minimum Gasteiger partial charge on any atom is -0.463 e. The van der Waals surface area contributed by atoms with Crippen LogP contribution in [0.3, 0.4) is 0 Å². The highest BCUT2D eigenvalue weighted by Crippen LogP contribution is 2.37. The molecule has 0 N–H and O–H groups in total.